The lowest BCUT2D eigenvalue weighted by molar-refractivity contribution is -0.142. The minimum absolute atomic E-state index is 0.0942. The van der Waals surface area contributed by atoms with E-state index in [1.165, 1.54) is 4.90 Å². The van der Waals surface area contributed by atoms with Crippen LogP contribution in [0.25, 0.3) is 0 Å². The van der Waals surface area contributed by atoms with Crippen molar-refractivity contribution >= 4 is 29.7 Å². The second kappa shape index (κ2) is 12.7. The second-order valence-electron chi connectivity index (χ2n) is 8.05. The molecule has 1 heterocycles. The van der Waals surface area contributed by atoms with Crippen LogP contribution in [0.5, 0.6) is 0 Å². The first-order valence-electron chi connectivity index (χ1n) is 10.4. The quantitative estimate of drug-likeness (QED) is 0.114. The van der Waals surface area contributed by atoms with Crippen LogP contribution in [-0.2, 0) is 19.2 Å². The summed E-state index contributed by atoms with van der Waals surface area (Å²) in [6, 6.07) is -2.49. The van der Waals surface area contributed by atoms with Gasteiger partial charge in [0.05, 0.1) is 12.6 Å². The lowest BCUT2D eigenvalue weighted by atomic mass is 10.0. The van der Waals surface area contributed by atoms with Crippen LogP contribution < -0.4 is 27.8 Å². The SMILES string of the molecule is CC(C)CC(N)C(=O)N1CCCC1C(=O)NCC(=O)NC(CCCN=C(N)N)C(=O)O. The fraction of sp³-hybridized carbons (Fsp3) is 0.737. The number of carboxylic acid groups (broad SMARTS) is 1. The highest BCUT2D eigenvalue weighted by Crippen LogP contribution is 2.19. The third-order valence-electron chi connectivity index (χ3n) is 4.88. The molecule has 3 atom stereocenters. The molecule has 3 amide bonds. The highest BCUT2D eigenvalue weighted by Gasteiger charge is 2.36. The van der Waals surface area contributed by atoms with Crippen molar-refractivity contribution in [2.75, 3.05) is 19.6 Å². The Kier molecular flexibility index (Phi) is 10.7. The largest absolute Gasteiger partial charge is 0.480 e. The van der Waals surface area contributed by atoms with E-state index in [4.69, 9.17) is 17.2 Å². The number of carboxylic acids is 1. The van der Waals surface area contributed by atoms with Gasteiger partial charge in [-0.2, -0.15) is 0 Å². The first kappa shape index (κ1) is 26.1. The summed E-state index contributed by atoms with van der Waals surface area (Å²) in [6.07, 6.45) is 2.16. The van der Waals surface area contributed by atoms with Crippen LogP contribution >= 0.6 is 0 Å². The summed E-state index contributed by atoms with van der Waals surface area (Å²) >= 11 is 0. The van der Waals surface area contributed by atoms with E-state index in [9.17, 15) is 24.3 Å². The molecule has 1 aliphatic rings. The molecule has 1 aliphatic heterocycles. The van der Waals surface area contributed by atoms with E-state index in [-0.39, 0.29) is 30.8 Å². The van der Waals surface area contributed by atoms with Crippen LogP contribution in [0.1, 0.15) is 46.0 Å². The molecular weight excluding hydrogens is 406 g/mol. The zero-order valence-corrected chi connectivity index (χ0v) is 18.2. The Labute approximate surface area is 182 Å². The van der Waals surface area contributed by atoms with Gasteiger partial charge in [0.2, 0.25) is 17.7 Å². The number of guanidine groups is 1. The smallest absolute Gasteiger partial charge is 0.326 e. The molecule has 1 rings (SSSR count). The van der Waals surface area contributed by atoms with Gasteiger partial charge in [0.15, 0.2) is 5.96 Å². The highest BCUT2D eigenvalue weighted by atomic mass is 16.4. The standard InChI is InChI=1S/C19H35N7O5/c1-11(2)9-12(20)17(29)26-8-4-6-14(26)16(28)24-10-15(27)25-13(18(30)31)5-3-7-23-19(21)22/h11-14H,3-10,20H2,1-2H3,(H,24,28)(H,25,27)(H,30,31)(H4,21,22,23). The number of nitrogens with one attached hydrogen (secondary N) is 2. The van der Waals surface area contributed by atoms with E-state index in [0.29, 0.717) is 32.2 Å². The van der Waals surface area contributed by atoms with Crippen molar-refractivity contribution in [3.05, 3.63) is 0 Å². The maximum absolute atomic E-state index is 12.6. The van der Waals surface area contributed by atoms with Gasteiger partial charge < -0.3 is 37.8 Å². The van der Waals surface area contributed by atoms with E-state index in [1.54, 1.807) is 0 Å². The van der Waals surface area contributed by atoms with Crippen molar-refractivity contribution in [2.45, 2.75) is 64.1 Å². The molecule has 12 heteroatoms. The summed E-state index contributed by atoms with van der Waals surface area (Å²) in [7, 11) is 0. The Morgan fingerprint density at radius 2 is 1.90 bits per heavy atom. The molecule has 176 valence electrons. The van der Waals surface area contributed by atoms with Crippen LogP contribution in [-0.4, -0.2) is 77.4 Å². The van der Waals surface area contributed by atoms with Gasteiger partial charge in [-0.1, -0.05) is 13.8 Å². The van der Waals surface area contributed by atoms with Gasteiger partial charge in [0, 0.05) is 13.1 Å². The number of carbonyl (C=O) groups excluding carboxylic acids is 3. The number of carbonyl (C=O) groups is 4. The summed E-state index contributed by atoms with van der Waals surface area (Å²) < 4.78 is 0. The minimum Gasteiger partial charge on any atom is -0.480 e. The Morgan fingerprint density at radius 3 is 2.48 bits per heavy atom. The van der Waals surface area contributed by atoms with E-state index in [2.05, 4.69) is 15.6 Å². The van der Waals surface area contributed by atoms with E-state index in [1.807, 2.05) is 13.8 Å². The number of aliphatic carboxylic acids is 1. The van der Waals surface area contributed by atoms with Gasteiger partial charge in [-0.25, -0.2) is 4.79 Å². The van der Waals surface area contributed by atoms with Crippen molar-refractivity contribution in [3.63, 3.8) is 0 Å². The summed E-state index contributed by atoms with van der Waals surface area (Å²) in [5, 5.41) is 14.1. The van der Waals surface area contributed by atoms with Crippen molar-refractivity contribution < 1.29 is 24.3 Å². The van der Waals surface area contributed by atoms with Crippen molar-refractivity contribution in [1.29, 1.82) is 0 Å². The van der Waals surface area contributed by atoms with Crippen molar-refractivity contribution in [3.8, 4) is 0 Å². The minimum atomic E-state index is -1.20. The van der Waals surface area contributed by atoms with Crippen LogP contribution in [0.15, 0.2) is 4.99 Å². The van der Waals surface area contributed by atoms with Gasteiger partial charge in [0.1, 0.15) is 12.1 Å². The molecule has 0 spiro atoms. The Hall–Kier alpha value is -2.89. The highest BCUT2D eigenvalue weighted by molar-refractivity contribution is 5.93. The third kappa shape index (κ3) is 9.20. The lowest BCUT2D eigenvalue weighted by Gasteiger charge is -2.27. The van der Waals surface area contributed by atoms with Gasteiger partial charge >= 0.3 is 5.97 Å². The maximum Gasteiger partial charge on any atom is 0.326 e. The summed E-state index contributed by atoms with van der Waals surface area (Å²) in [6.45, 7) is 4.21. The van der Waals surface area contributed by atoms with Gasteiger partial charge in [-0.05, 0) is 38.0 Å². The second-order valence-corrected chi connectivity index (χ2v) is 8.05. The summed E-state index contributed by atoms with van der Waals surface area (Å²) in [5.74, 6) is -2.42. The summed E-state index contributed by atoms with van der Waals surface area (Å²) in [4.78, 5) is 53.7. The fourth-order valence-corrected chi connectivity index (χ4v) is 3.42. The molecule has 0 aromatic rings. The molecule has 0 radical (unpaired) electrons. The van der Waals surface area contributed by atoms with Crippen LogP contribution in [0.2, 0.25) is 0 Å². The van der Waals surface area contributed by atoms with E-state index >= 15 is 0 Å². The van der Waals surface area contributed by atoms with Crippen molar-refractivity contribution in [1.82, 2.24) is 15.5 Å². The molecular formula is C19H35N7O5. The number of aliphatic imine (C=N–C) groups is 1. The zero-order valence-electron chi connectivity index (χ0n) is 18.2. The predicted molar refractivity (Wildman–Crippen MR) is 115 cm³/mol. The number of rotatable bonds is 12. The molecule has 0 bridgehead atoms. The zero-order chi connectivity index (χ0) is 23.6. The molecule has 0 aromatic carbocycles. The molecule has 12 nitrogen and oxygen atoms in total. The monoisotopic (exact) mass is 441 g/mol. The number of amides is 3. The van der Waals surface area contributed by atoms with E-state index < -0.39 is 42.5 Å². The number of nitrogens with two attached hydrogens (primary N) is 3. The molecule has 1 saturated heterocycles. The van der Waals surface area contributed by atoms with Crippen molar-refractivity contribution in [2.24, 2.45) is 28.1 Å². The molecule has 0 aliphatic carbocycles. The molecule has 1 fully saturated rings. The average molecular weight is 442 g/mol. The first-order chi connectivity index (χ1) is 14.5. The third-order valence-corrected chi connectivity index (χ3v) is 4.88. The average Bonchev–Trinajstić information content (AvgIpc) is 3.16. The molecule has 9 N–H and O–H groups in total. The molecule has 0 saturated carbocycles. The van der Waals surface area contributed by atoms with E-state index in [0.717, 1.165) is 0 Å². The molecule has 0 aromatic heterocycles. The number of hydrogen-bond acceptors (Lipinski definition) is 6. The Balaban J connectivity index is 2.53. The maximum atomic E-state index is 12.6. The summed E-state index contributed by atoms with van der Waals surface area (Å²) in [5.41, 5.74) is 16.4. The lowest BCUT2D eigenvalue weighted by Crippen LogP contribution is -2.53. The number of likely N-dealkylation sites (tertiary alicyclic amines) is 1. The van der Waals surface area contributed by atoms with Gasteiger partial charge in [-0.15, -0.1) is 0 Å². The fourth-order valence-electron chi connectivity index (χ4n) is 3.42. The predicted octanol–water partition coefficient (Wildman–Crippen LogP) is -1.91. The van der Waals surface area contributed by atoms with Crippen LogP contribution in [0.3, 0.4) is 0 Å². The van der Waals surface area contributed by atoms with Crippen LogP contribution in [0, 0.1) is 5.92 Å². The van der Waals surface area contributed by atoms with Crippen LogP contribution in [0.4, 0.5) is 0 Å². The molecule has 3 unspecified atom stereocenters. The normalized spacial score (nSPS) is 17.7. The number of nitrogens with zero attached hydrogens (tertiary/aromatic N) is 2. The van der Waals surface area contributed by atoms with Gasteiger partial charge in [-0.3, -0.25) is 19.4 Å². The molecule has 31 heavy (non-hydrogen) atoms. The number of hydrogen-bond donors (Lipinski definition) is 6. The first-order valence-corrected chi connectivity index (χ1v) is 10.4. The Morgan fingerprint density at radius 1 is 1.23 bits per heavy atom. The Bertz CT molecular complexity index is 679. The topological polar surface area (TPSA) is 206 Å². The van der Waals surface area contributed by atoms with Gasteiger partial charge in [0.25, 0.3) is 0 Å².